The summed E-state index contributed by atoms with van der Waals surface area (Å²) in [6, 6.07) is 2.95. The molecule has 7 heteroatoms. The molecule has 4 nitrogen and oxygen atoms in total. The number of rotatable bonds is 3. The molecule has 0 saturated carbocycles. The van der Waals surface area contributed by atoms with Crippen LogP contribution in [0.2, 0.25) is 0 Å². The maximum atomic E-state index is 13.4. The van der Waals surface area contributed by atoms with Gasteiger partial charge in [0, 0.05) is 0 Å². The van der Waals surface area contributed by atoms with E-state index in [2.05, 4.69) is 38.7 Å². The zero-order valence-corrected chi connectivity index (χ0v) is 10.7. The second-order valence-electron chi connectivity index (χ2n) is 2.75. The third-order valence-electron chi connectivity index (χ3n) is 1.61. The first kappa shape index (κ1) is 12.9. The van der Waals surface area contributed by atoms with Crippen LogP contribution in [0.4, 0.5) is 4.39 Å². The predicted octanol–water partition coefficient (Wildman–Crippen LogP) is 1.76. The van der Waals surface area contributed by atoms with Crippen molar-refractivity contribution >= 4 is 39.5 Å². The third-order valence-corrected chi connectivity index (χ3v) is 2.29. The number of nitrogens with two attached hydrogens (primary N) is 1. The van der Waals surface area contributed by atoms with E-state index >= 15 is 0 Å². The van der Waals surface area contributed by atoms with Gasteiger partial charge in [-0.25, -0.2) is 4.39 Å². The highest BCUT2D eigenvalue weighted by atomic mass is 79.9. The van der Waals surface area contributed by atoms with Gasteiger partial charge in [0.15, 0.2) is 16.7 Å². The van der Waals surface area contributed by atoms with Crippen molar-refractivity contribution in [3.8, 4) is 5.75 Å². The quantitative estimate of drug-likeness (QED) is 0.507. The molecule has 0 spiro atoms. The fourth-order valence-electron chi connectivity index (χ4n) is 1.02. The van der Waals surface area contributed by atoms with Gasteiger partial charge in [0.1, 0.15) is 0 Å². The highest BCUT2D eigenvalue weighted by molar-refractivity contribution is 9.10. The molecule has 0 unspecified atom stereocenters. The Hall–Kier alpha value is -1.21. The average molecular weight is 306 g/mol. The van der Waals surface area contributed by atoms with Crippen LogP contribution in [0.3, 0.4) is 0 Å². The molecule has 86 valence electrons. The Morgan fingerprint density at radius 2 is 2.38 bits per heavy atom. The van der Waals surface area contributed by atoms with Gasteiger partial charge in [-0.05, 0) is 45.8 Å². The number of benzene rings is 1. The Labute approximate surface area is 106 Å². The first-order valence-electron chi connectivity index (χ1n) is 4.16. The number of halogens is 2. The van der Waals surface area contributed by atoms with E-state index in [0.29, 0.717) is 10.0 Å². The van der Waals surface area contributed by atoms with E-state index < -0.39 is 5.82 Å². The van der Waals surface area contributed by atoms with Crippen LogP contribution in [0, 0.1) is 5.82 Å². The molecule has 0 amide bonds. The Kier molecular flexibility index (Phi) is 4.63. The van der Waals surface area contributed by atoms with E-state index in [9.17, 15) is 4.39 Å². The van der Waals surface area contributed by atoms with Crippen LogP contribution in [0.1, 0.15) is 5.56 Å². The lowest BCUT2D eigenvalue weighted by Crippen LogP contribution is -2.23. The molecule has 0 radical (unpaired) electrons. The molecule has 0 fully saturated rings. The molecule has 0 aliphatic heterocycles. The van der Waals surface area contributed by atoms with Crippen molar-refractivity contribution in [2.45, 2.75) is 0 Å². The van der Waals surface area contributed by atoms with Crippen LogP contribution < -0.4 is 15.9 Å². The number of thiocarbonyl (C=S) groups is 1. The van der Waals surface area contributed by atoms with Gasteiger partial charge in [0.25, 0.3) is 0 Å². The van der Waals surface area contributed by atoms with E-state index in [0.717, 1.165) is 0 Å². The topological polar surface area (TPSA) is 59.6 Å². The standard InChI is InChI=1S/C9H9BrFN3OS/c1-15-8-6(10)2-5(3-7(8)11)4-13-14-9(12)16/h2-4H,1H3,(H3,12,14,16). The molecule has 0 aliphatic carbocycles. The third kappa shape index (κ3) is 3.42. The molecule has 3 N–H and O–H groups in total. The van der Waals surface area contributed by atoms with Crippen LogP contribution in [-0.4, -0.2) is 18.4 Å². The lowest BCUT2D eigenvalue weighted by Gasteiger charge is -2.05. The van der Waals surface area contributed by atoms with Gasteiger partial charge in [0.05, 0.1) is 17.8 Å². The summed E-state index contributed by atoms with van der Waals surface area (Å²) in [7, 11) is 1.39. The van der Waals surface area contributed by atoms with Crippen LogP contribution >= 0.6 is 28.1 Å². The van der Waals surface area contributed by atoms with Crippen molar-refractivity contribution in [1.29, 1.82) is 0 Å². The molecular weight excluding hydrogens is 297 g/mol. The van der Waals surface area contributed by atoms with E-state index in [1.54, 1.807) is 6.07 Å². The maximum absolute atomic E-state index is 13.4. The summed E-state index contributed by atoms with van der Waals surface area (Å²) < 4.78 is 18.8. The lowest BCUT2D eigenvalue weighted by atomic mass is 10.2. The van der Waals surface area contributed by atoms with Crippen molar-refractivity contribution < 1.29 is 9.13 Å². The van der Waals surface area contributed by atoms with Crippen molar-refractivity contribution in [3.63, 3.8) is 0 Å². The first-order valence-corrected chi connectivity index (χ1v) is 5.36. The maximum Gasteiger partial charge on any atom is 0.184 e. The molecule has 0 saturated heterocycles. The average Bonchev–Trinajstić information content (AvgIpc) is 2.16. The number of hydrogen-bond acceptors (Lipinski definition) is 3. The predicted molar refractivity (Wildman–Crippen MR) is 68.2 cm³/mol. The Morgan fingerprint density at radius 3 is 2.88 bits per heavy atom. The van der Waals surface area contributed by atoms with Gasteiger partial charge >= 0.3 is 0 Å². The number of nitrogens with zero attached hydrogens (tertiary/aromatic N) is 1. The monoisotopic (exact) mass is 305 g/mol. The Balaban J connectivity index is 2.91. The van der Waals surface area contributed by atoms with Crippen molar-refractivity contribution in [3.05, 3.63) is 28.0 Å². The minimum Gasteiger partial charge on any atom is -0.492 e. The zero-order chi connectivity index (χ0) is 12.1. The lowest BCUT2D eigenvalue weighted by molar-refractivity contribution is 0.384. The van der Waals surface area contributed by atoms with Gasteiger partial charge in [0.2, 0.25) is 0 Å². The Morgan fingerprint density at radius 1 is 1.69 bits per heavy atom. The summed E-state index contributed by atoms with van der Waals surface area (Å²) in [5, 5.41) is 3.75. The number of hydrazone groups is 1. The van der Waals surface area contributed by atoms with E-state index in [1.807, 2.05) is 0 Å². The smallest absolute Gasteiger partial charge is 0.184 e. The molecule has 0 bridgehead atoms. The number of methoxy groups -OCH3 is 1. The van der Waals surface area contributed by atoms with Gasteiger partial charge in [-0.2, -0.15) is 5.10 Å². The molecule has 0 aromatic heterocycles. The fraction of sp³-hybridized carbons (Fsp3) is 0.111. The number of ether oxygens (including phenoxy) is 1. The summed E-state index contributed by atoms with van der Waals surface area (Å²) in [5.74, 6) is -0.326. The normalized spacial score (nSPS) is 10.4. The second-order valence-corrected chi connectivity index (χ2v) is 4.05. The highest BCUT2D eigenvalue weighted by Gasteiger charge is 2.08. The number of nitrogens with one attached hydrogen (secondary N) is 1. The summed E-state index contributed by atoms with van der Waals surface area (Å²) in [5.41, 5.74) is 8.09. The van der Waals surface area contributed by atoms with E-state index in [4.69, 9.17) is 10.5 Å². The van der Waals surface area contributed by atoms with Crippen molar-refractivity contribution in [2.75, 3.05) is 7.11 Å². The highest BCUT2D eigenvalue weighted by Crippen LogP contribution is 2.28. The molecule has 1 aromatic carbocycles. The van der Waals surface area contributed by atoms with Crippen molar-refractivity contribution in [1.82, 2.24) is 5.43 Å². The zero-order valence-electron chi connectivity index (χ0n) is 8.33. The minimum atomic E-state index is -0.478. The molecular formula is C9H9BrFN3OS. The summed E-state index contributed by atoms with van der Waals surface area (Å²) in [4.78, 5) is 0. The van der Waals surface area contributed by atoms with E-state index in [-0.39, 0.29) is 10.9 Å². The molecule has 1 rings (SSSR count). The summed E-state index contributed by atoms with van der Waals surface area (Å²) >= 11 is 7.73. The summed E-state index contributed by atoms with van der Waals surface area (Å²) in [6.07, 6.45) is 1.40. The molecule has 0 aliphatic rings. The van der Waals surface area contributed by atoms with Gasteiger partial charge in [-0.1, -0.05) is 0 Å². The second kappa shape index (κ2) is 5.76. The van der Waals surface area contributed by atoms with Crippen LogP contribution in [0.5, 0.6) is 5.75 Å². The van der Waals surface area contributed by atoms with Crippen LogP contribution in [0.25, 0.3) is 0 Å². The minimum absolute atomic E-state index is 0.0456. The molecule has 1 aromatic rings. The van der Waals surface area contributed by atoms with Crippen molar-refractivity contribution in [2.24, 2.45) is 10.8 Å². The summed E-state index contributed by atoms with van der Waals surface area (Å²) in [6.45, 7) is 0. The molecule has 0 atom stereocenters. The molecule has 16 heavy (non-hydrogen) atoms. The SMILES string of the molecule is COc1c(F)cc(C=NNC(N)=S)cc1Br. The largest absolute Gasteiger partial charge is 0.492 e. The van der Waals surface area contributed by atoms with E-state index in [1.165, 1.54) is 19.4 Å². The van der Waals surface area contributed by atoms with Gasteiger partial charge in [-0.15, -0.1) is 0 Å². The Bertz CT molecular complexity index is 416. The fourth-order valence-corrected chi connectivity index (χ4v) is 1.69. The first-order chi connectivity index (χ1) is 7.54. The van der Waals surface area contributed by atoms with Crippen LogP contribution in [0.15, 0.2) is 21.7 Å². The van der Waals surface area contributed by atoms with Crippen LogP contribution in [-0.2, 0) is 0 Å². The van der Waals surface area contributed by atoms with Gasteiger partial charge in [-0.3, -0.25) is 5.43 Å². The molecule has 0 heterocycles. The van der Waals surface area contributed by atoms with Gasteiger partial charge < -0.3 is 10.5 Å². The number of hydrogen-bond donors (Lipinski definition) is 2.